The van der Waals surface area contributed by atoms with Crippen molar-refractivity contribution in [3.05, 3.63) is 23.8 Å². The Kier molecular flexibility index (Phi) is 3.94. The predicted octanol–water partition coefficient (Wildman–Crippen LogP) is 2.14. The third-order valence-corrected chi connectivity index (χ3v) is 2.68. The van der Waals surface area contributed by atoms with E-state index in [9.17, 15) is 18.0 Å². The lowest BCUT2D eigenvalue weighted by Gasteiger charge is -2.16. The molecule has 0 radical (unpaired) electrons. The van der Waals surface area contributed by atoms with Gasteiger partial charge in [0.25, 0.3) is 6.43 Å². The number of fused-ring (bicyclic) bond motifs is 1. The van der Waals surface area contributed by atoms with Crippen LogP contribution in [0.1, 0.15) is 17.3 Å². The van der Waals surface area contributed by atoms with Crippen molar-refractivity contribution in [1.82, 2.24) is 5.32 Å². The van der Waals surface area contributed by atoms with Gasteiger partial charge in [0.2, 0.25) is 13.1 Å². The molecule has 2 atom stereocenters. The Morgan fingerprint density at radius 3 is 2.63 bits per heavy atom. The third-order valence-electron chi connectivity index (χ3n) is 2.68. The highest BCUT2D eigenvalue weighted by Crippen LogP contribution is 2.32. The second-order valence-electron chi connectivity index (χ2n) is 4.06. The number of benzene rings is 1. The number of carbonyl (C=O) groups is 1. The molecule has 0 aliphatic carbocycles. The van der Waals surface area contributed by atoms with Crippen LogP contribution in [0.2, 0.25) is 0 Å². The first-order valence-corrected chi connectivity index (χ1v) is 5.61. The summed E-state index contributed by atoms with van der Waals surface area (Å²) in [4.78, 5) is 11.9. The van der Waals surface area contributed by atoms with Crippen molar-refractivity contribution in [2.45, 2.75) is 25.7 Å². The van der Waals surface area contributed by atoms with Gasteiger partial charge in [-0.2, -0.15) is 0 Å². The fraction of sp³-hybridized carbons (Fsp3) is 0.417. The van der Waals surface area contributed by atoms with Crippen molar-refractivity contribution in [2.75, 3.05) is 6.79 Å². The van der Waals surface area contributed by atoms with E-state index >= 15 is 0 Å². The predicted molar refractivity (Wildman–Crippen MR) is 60.4 cm³/mol. The van der Waals surface area contributed by atoms with Gasteiger partial charge in [0.05, 0.1) is 6.04 Å². The van der Waals surface area contributed by atoms with Gasteiger partial charge in [0.15, 0.2) is 17.3 Å². The fourth-order valence-corrected chi connectivity index (χ4v) is 1.69. The van der Waals surface area contributed by atoms with Gasteiger partial charge < -0.3 is 9.47 Å². The van der Waals surface area contributed by atoms with Crippen LogP contribution < -0.4 is 14.8 Å². The quantitative estimate of drug-likeness (QED) is 0.660. The van der Waals surface area contributed by atoms with E-state index in [4.69, 9.17) is 9.47 Å². The Hall–Kier alpha value is -1.76. The summed E-state index contributed by atoms with van der Waals surface area (Å²) >= 11 is 0. The number of ketones is 1. The summed E-state index contributed by atoms with van der Waals surface area (Å²) in [7, 11) is 0. The van der Waals surface area contributed by atoms with E-state index < -0.39 is 24.5 Å². The zero-order valence-corrected chi connectivity index (χ0v) is 10.0. The number of hydrogen-bond donors (Lipinski definition) is 1. The molecule has 104 valence electrons. The second-order valence-corrected chi connectivity index (χ2v) is 4.06. The van der Waals surface area contributed by atoms with E-state index in [1.807, 2.05) is 5.32 Å². The van der Waals surface area contributed by atoms with Gasteiger partial charge in [-0.15, -0.1) is 0 Å². The summed E-state index contributed by atoms with van der Waals surface area (Å²) in [5.41, 5.74) is 0.241. The highest BCUT2D eigenvalue weighted by Gasteiger charge is 2.25. The summed E-state index contributed by atoms with van der Waals surface area (Å²) in [5, 5.41) is 1.91. The highest BCUT2D eigenvalue weighted by molar-refractivity contribution is 6.00. The average molecular weight is 275 g/mol. The standard InChI is InChI=1S/C12H12F3NO3/c1-6(16-12(15)11(13)14)10(17)7-2-3-8-9(4-7)19-5-18-8/h2-4,6,11-12,16H,5H2,1H3. The number of nitrogens with one attached hydrogen (secondary N) is 1. The van der Waals surface area contributed by atoms with Gasteiger partial charge in [-0.25, -0.2) is 13.2 Å². The number of rotatable bonds is 5. The first kappa shape index (κ1) is 13.7. The number of carbonyl (C=O) groups excluding carboxylic acids is 1. The van der Waals surface area contributed by atoms with Crippen LogP contribution in [0.5, 0.6) is 11.5 Å². The van der Waals surface area contributed by atoms with Crippen LogP contribution in [-0.4, -0.2) is 31.3 Å². The zero-order chi connectivity index (χ0) is 14.0. The van der Waals surface area contributed by atoms with Crippen molar-refractivity contribution in [1.29, 1.82) is 0 Å². The van der Waals surface area contributed by atoms with Crippen molar-refractivity contribution >= 4 is 5.78 Å². The molecule has 1 aromatic carbocycles. The molecule has 0 bridgehead atoms. The molecule has 7 heteroatoms. The number of hydrogen-bond acceptors (Lipinski definition) is 4. The van der Waals surface area contributed by atoms with Gasteiger partial charge in [-0.05, 0) is 25.1 Å². The van der Waals surface area contributed by atoms with E-state index in [2.05, 4.69) is 0 Å². The van der Waals surface area contributed by atoms with E-state index in [-0.39, 0.29) is 12.4 Å². The molecule has 0 amide bonds. The van der Waals surface area contributed by atoms with Gasteiger partial charge in [-0.1, -0.05) is 0 Å². The minimum Gasteiger partial charge on any atom is -0.454 e. The summed E-state index contributed by atoms with van der Waals surface area (Å²) < 4.78 is 47.1. The van der Waals surface area contributed by atoms with E-state index in [0.717, 1.165) is 0 Å². The number of Topliss-reactive ketones (excluding diaryl/α,β-unsaturated/α-hetero) is 1. The Balaban J connectivity index is 2.07. The Morgan fingerprint density at radius 1 is 1.26 bits per heavy atom. The maximum absolute atomic E-state index is 12.8. The lowest BCUT2D eigenvalue weighted by Crippen LogP contribution is -2.42. The second kappa shape index (κ2) is 5.48. The van der Waals surface area contributed by atoms with E-state index in [1.54, 1.807) is 6.07 Å². The lowest BCUT2D eigenvalue weighted by atomic mass is 10.0. The molecule has 1 aliphatic rings. The summed E-state index contributed by atoms with van der Waals surface area (Å²) in [6.07, 6.45) is -5.71. The first-order valence-electron chi connectivity index (χ1n) is 5.61. The molecule has 19 heavy (non-hydrogen) atoms. The van der Waals surface area contributed by atoms with Gasteiger partial charge in [-0.3, -0.25) is 10.1 Å². The van der Waals surface area contributed by atoms with E-state index in [1.165, 1.54) is 19.1 Å². The molecule has 0 saturated carbocycles. The zero-order valence-electron chi connectivity index (χ0n) is 10.0. The molecule has 0 fully saturated rings. The SMILES string of the molecule is CC(NC(F)C(F)F)C(=O)c1ccc2c(c1)OCO2. The van der Waals surface area contributed by atoms with Crippen molar-refractivity contribution in [2.24, 2.45) is 0 Å². The molecule has 1 aliphatic heterocycles. The number of ether oxygens (including phenoxy) is 2. The number of halogens is 3. The van der Waals surface area contributed by atoms with E-state index in [0.29, 0.717) is 11.5 Å². The van der Waals surface area contributed by atoms with Gasteiger partial charge in [0.1, 0.15) is 0 Å². The molecule has 0 spiro atoms. The van der Waals surface area contributed by atoms with Crippen LogP contribution in [0.25, 0.3) is 0 Å². The normalized spacial score (nSPS) is 16.5. The van der Waals surface area contributed by atoms with Gasteiger partial charge >= 0.3 is 0 Å². The molecule has 4 nitrogen and oxygen atoms in total. The highest BCUT2D eigenvalue weighted by atomic mass is 19.3. The van der Waals surface area contributed by atoms with Crippen molar-refractivity contribution in [3.8, 4) is 11.5 Å². The van der Waals surface area contributed by atoms with Crippen LogP contribution in [0, 0.1) is 0 Å². The van der Waals surface area contributed by atoms with Crippen LogP contribution in [0.3, 0.4) is 0 Å². The third kappa shape index (κ3) is 2.98. The minimum absolute atomic E-state index is 0.0682. The maximum Gasteiger partial charge on any atom is 0.282 e. The number of alkyl halides is 3. The Bertz CT molecular complexity index is 481. The molecular formula is C12H12F3NO3. The molecule has 2 rings (SSSR count). The van der Waals surface area contributed by atoms with Crippen LogP contribution in [0.15, 0.2) is 18.2 Å². The van der Waals surface area contributed by atoms with Crippen molar-refractivity contribution < 1.29 is 27.4 Å². The van der Waals surface area contributed by atoms with Gasteiger partial charge in [0, 0.05) is 5.56 Å². The molecule has 1 heterocycles. The molecule has 1 aromatic rings. The summed E-state index contributed by atoms with van der Waals surface area (Å²) in [6, 6.07) is 3.40. The van der Waals surface area contributed by atoms with Crippen molar-refractivity contribution in [3.63, 3.8) is 0 Å². The molecular weight excluding hydrogens is 263 g/mol. The van der Waals surface area contributed by atoms with Crippen LogP contribution in [0.4, 0.5) is 13.2 Å². The minimum atomic E-state index is -3.17. The Labute approximate surface area is 107 Å². The molecule has 2 unspecified atom stereocenters. The Morgan fingerprint density at radius 2 is 1.95 bits per heavy atom. The molecule has 1 N–H and O–H groups in total. The molecule has 0 saturated heterocycles. The van der Waals surface area contributed by atoms with Crippen LogP contribution in [-0.2, 0) is 0 Å². The maximum atomic E-state index is 12.8. The van der Waals surface area contributed by atoms with Crippen LogP contribution >= 0.6 is 0 Å². The lowest BCUT2D eigenvalue weighted by molar-refractivity contribution is 0.0250. The summed E-state index contributed by atoms with van der Waals surface area (Å²) in [5.74, 6) is 0.415. The topological polar surface area (TPSA) is 47.6 Å². The largest absolute Gasteiger partial charge is 0.454 e. The summed E-state index contributed by atoms with van der Waals surface area (Å²) in [6.45, 7) is 1.39. The fourth-order valence-electron chi connectivity index (χ4n) is 1.69. The molecule has 0 aromatic heterocycles. The first-order chi connectivity index (χ1) is 8.99. The smallest absolute Gasteiger partial charge is 0.282 e. The monoisotopic (exact) mass is 275 g/mol. The average Bonchev–Trinajstić information content (AvgIpc) is 2.84.